The number of anilines is 2. The van der Waals surface area contributed by atoms with Crippen LogP contribution in [0, 0.1) is 6.92 Å². The van der Waals surface area contributed by atoms with Crippen LogP contribution in [0.2, 0.25) is 0 Å². The Morgan fingerprint density at radius 1 is 1.30 bits per heavy atom. The Morgan fingerprint density at radius 3 is 2.57 bits per heavy atom. The second-order valence-corrected chi connectivity index (χ2v) is 6.85. The number of nitrogens with one attached hydrogen (secondary N) is 2. The summed E-state index contributed by atoms with van der Waals surface area (Å²) in [6, 6.07) is 7.30. The maximum atomic E-state index is 12.2. The Morgan fingerprint density at radius 2 is 2.00 bits per heavy atom. The van der Waals surface area contributed by atoms with Crippen LogP contribution in [0.25, 0.3) is 0 Å². The highest BCUT2D eigenvalue weighted by atomic mass is 35.5. The molecule has 1 aromatic carbocycles. The summed E-state index contributed by atoms with van der Waals surface area (Å²) in [6.07, 6.45) is 0.900. The summed E-state index contributed by atoms with van der Waals surface area (Å²) in [4.78, 5) is 11.6. The number of carbonyl (C=O) groups excluding carboxylic acids is 1. The third-order valence-corrected chi connectivity index (χ3v) is 4.49. The van der Waals surface area contributed by atoms with Gasteiger partial charge in [0.2, 0.25) is 5.91 Å². The van der Waals surface area contributed by atoms with Crippen molar-refractivity contribution in [2.24, 2.45) is 0 Å². The summed E-state index contributed by atoms with van der Waals surface area (Å²) in [5.41, 5.74) is 0.515. The fraction of sp³-hybridized carbons (Fsp3) is 0.286. The predicted molar refractivity (Wildman–Crippen MR) is 87.1 cm³/mol. The van der Waals surface area contributed by atoms with Gasteiger partial charge < -0.3 is 9.84 Å². The molecule has 2 aromatic rings. The average molecular weight is 358 g/mol. The first-order chi connectivity index (χ1) is 10.9. The molecule has 7 nitrogen and oxygen atoms in total. The predicted octanol–water partition coefficient (Wildman–Crippen LogP) is 2.74. The van der Waals surface area contributed by atoms with E-state index in [1.165, 1.54) is 30.3 Å². The smallest absolute Gasteiger partial charge is 0.263 e. The molecular formula is C14H16ClN3O4S. The Balaban J connectivity index is 2.04. The van der Waals surface area contributed by atoms with Crippen molar-refractivity contribution in [2.45, 2.75) is 24.7 Å². The molecule has 0 bridgehead atoms. The first kappa shape index (κ1) is 17.3. The molecule has 0 atom stereocenters. The third-order valence-electron chi connectivity index (χ3n) is 2.85. The molecule has 1 heterocycles. The van der Waals surface area contributed by atoms with E-state index in [9.17, 15) is 13.2 Å². The summed E-state index contributed by atoms with van der Waals surface area (Å²) in [5, 5.41) is 6.25. The normalized spacial score (nSPS) is 11.2. The van der Waals surface area contributed by atoms with E-state index in [4.69, 9.17) is 16.1 Å². The van der Waals surface area contributed by atoms with E-state index in [1.807, 2.05) is 0 Å². The van der Waals surface area contributed by atoms with Crippen LogP contribution in [-0.4, -0.2) is 25.4 Å². The third kappa shape index (κ3) is 4.97. The van der Waals surface area contributed by atoms with Crippen molar-refractivity contribution in [1.82, 2.24) is 5.16 Å². The molecule has 23 heavy (non-hydrogen) atoms. The molecule has 2 N–H and O–H groups in total. The van der Waals surface area contributed by atoms with Crippen LogP contribution in [0.5, 0.6) is 0 Å². The minimum absolute atomic E-state index is 0.0527. The van der Waals surface area contributed by atoms with Crippen molar-refractivity contribution in [3.8, 4) is 0 Å². The van der Waals surface area contributed by atoms with Gasteiger partial charge in [-0.2, -0.15) is 0 Å². The monoisotopic (exact) mass is 357 g/mol. The van der Waals surface area contributed by atoms with Gasteiger partial charge in [-0.1, -0.05) is 5.16 Å². The zero-order valence-corrected chi connectivity index (χ0v) is 13.9. The second-order valence-electron chi connectivity index (χ2n) is 4.79. The lowest BCUT2D eigenvalue weighted by atomic mass is 10.3. The molecule has 0 spiro atoms. The minimum Gasteiger partial charge on any atom is -0.360 e. The number of carbonyl (C=O) groups is 1. The number of hydrogen-bond donors (Lipinski definition) is 2. The lowest BCUT2D eigenvalue weighted by molar-refractivity contribution is -0.116. The highest BCUT2D eigenvalue weighted by Crippen LogP contribution is 2.18. The second kappa shape index (κ2) is 7.47. The fourth-order valence-electron chi connectivity index (χ4n) is 1.78. The van der Waals surface area contributed by atoms with Crippen LogP contribution >= 0.6 is 11.6 Å². The molecule has 0 saturated heterocycles. The lowest BCUT2D eigenvalue weighted by Crippen LogP contribution is -2.14. The van der Waals surface area contributed by atoms with Crippen LogP contribution in [0.15, 0.2) is 39.8 Å². The van der Waals surface area contributed by atoms with E-state index in [0.29, 0.717) is 30.2 Å². The highest BCUT2D eigenvalue weighted by molar-refractivity contribution is 7.92. The van der Waals surface area contributed by atoms with E-state index in [2.05, 4.69) is 15.2 Å². The van der Waals surface area contributed by atoms with Gasteiger partial charge in [0.25, 0.3) is 10.0 Å². The molecule has 0 saturated carbocycles. The SMILES string of the molecule is Cc1cc(NS(=O)(=O)c2ccc(NC(=O)CCCCl)cc2)no1. The Hall–Kier alpha value is -2.06. The number of sulfonamides is 1. The van der Waals surface area contributed by atoms with Gasteiger partial charge in [-0.25, -0.2) is 8.42 Å². The molecule has 1 aromatic heterocycles. The highest BCUT2D eigenvalue weighted by Gasteiger charge is 2.16. The molecule has 9 heteroatoms. The van der Waals surface area contributed by atoms with Crippen molar-refractivity contribution in [3.05, 3.63) is 36.1 Å². The van der Waals surface area contributed by atoms with Crippen molar-refractivity contribution in [2.75, 3.05) is 15.9 Å². The number of alkyl halides is 1. The number of halogens is 1. The van der Waals surface area contributed by atoms with Gasteiger partial charge in [0.1, 0.15) is 5.76 Å². The Labute approximate surface area is 139 Å². The number of rotatable bonds is 7. The van der Waals surface area contributed by atoms with Gasteiger partial charge in [-0.05, 0) is 37.6 Å². The molecule has 2 rings (SSSR count). The molecule has 0 aliphatic heterocycles. The number of amides is 1. The van der Waals surface area contributed by atoms with Crippen LogP contribution in [0.3, 0.4) is 0 Å². The zero-order valence-electron chi connectivity index (χ0n) is 12.4. The van der Waals surface area contributed by atoms with E-state index in [0.717, 1.165) is 0 Å². The first-order valence-corrected chi connectivity index (χ1v) is 8.84. The quantitative estimate of drug-likeness (QED) is 0.742. The van der Waals surface area contributed by atoms with Crippen LogP contribution in [-0.2, 0) is 14.8 Å². The van der Waals surface area contributed by atoms with Crippen LogP contribution < -0.4 is 10.0 Å². The van der Waals surface area contributed by atoms with Gasteiger partial charge >= 0.3 is 0 Å². The number of aryl methyl sites for hydroxylation is 1. The van der Waals surface area contributed by atoms with E-state index in [-0.39, 0.29) is 16.6 Å². The molecule has 0 aliphatic rings. The molecule has 0 unspecified atom stereocenters. The lowest BCUT2D eigenvalue weighted by Gasteiger charge is -2.07. The van der Waals surface area contributed by atoms with Crippen molar-refractivity contribution >= 4 is 39.0 Å². The zero-order chi connectivity index (χ0) is 16.9. The average Bonchev–Trinajstić information content (AvgIpc) is 2.90. The standard InChI is InChI=1S/C14H16ClN3O4S/c1-10-9-13(17-22-10)18-23(20,21)12-6-4-11(5-7-12)16-14(19)3-2-8-15/h4-7,9H,2-3,8H2,1H3,(H,16,19)(H,17,18). The molecule has 0 radical (unpaired) electrons. The number of hydrogen-bond acceptors (Lipinski definition) is 5. The molecule has 0 aliphatic carbocycles. The summed E-state index contributed by atoms with van der Waals surface area (Å²) in [7, 11) is -3.76. The molecule has 1 amide bonds. The van der Waals surface area contributed by atoms with Crippen LogP contribution in [0.1, 0.15) is 18.6 Å². The number of aromatic nitrogens is 1. The van der Waals surface area contributed by atoms with Gasteiger partial charge in [0.05, 0.1) is 4.90 Å². The van der Waals surface area contributed by atoms with E-state index >= 15 is 0 Å². The van der Waals surface area contributed by atoms with Gasteiger partial charge in [-0.3, -0.25) is 9.52 Å². The summed E-state index contributed by atoms with van der Waals surface area (Å²) in [5.74, 6) is 0.855. The molecule has 0 fully saturated rings. The molecular weight excluding hydrogens is 342 g/mol. The topological polar surface area (TPSA) is 101 Å². The Kier molecular flexibility index (Phi) is 5.62. The van der Waals surface area contributed by atoms with Crippen molar-refractivity contribution < 1.29 is 17.7 Å². The van der Waals surface area contributed by atoms with Crippen molar-refractivity contribution in [1.29, 1.82) is 0 Å². The van der Waals surface area contributed by atoms with Crippen LogP contribution in [0.4, 0.5) is 11.5 Å². The summed E-state index contributed by atoms with van der Waals surface area (Å²) in [6.45, 7) is 1.66. The van der Waals surface area contributed by atoms with E-state index < -0.39 is 10.0 Å². The van der Waals surface area contributed by atoms with Gasteiger partial charge in [-0.15, -0.1) is 11.6 Å². The summed E-state index contributed by atoms with van der Waals surface area (Å²) >= 11 is 5.52. The van der Waals surface area contributed by atoms with Gasteiger partial charge in [0.15, 0.2) is 5.82 Å². The van der Waals surface area contributed by atoms with Crippen molar-refractivity contribution in [3.63, 3.8) is 0 Å². The first-order valence-electron chi connectivity index (χ1n) is 6.83. The van der Waals surface area contributed by atoms with E-state index in [1.54, 1.807) is 6.92 Å². The maximum absolute atomic E-state index is 12.2. The maximum Gasteiger partial charge on any atom is 0.263 e. The molecule has 124 valence electrons. The number of nitrogens with zero attached hydrogens (tertiary/aromatic N) is 1. The number of benzene rings is 1. The van der Waals surface area contributed by atoms with Gasteiger partial charge in [0, 0.05) is 24.1 Å². The Bertz CT molecular complexity index is 772. The fourth-order valence-corrected chi connectivity index (χ4v) is 2.90. The summed E-state index contributed by atoms with van der Waals surface area (Å²) < 4.78 is 31.5. The minimum atomic E-state index is -3.76. The largest absolute Gasteiger partial charge is 0.360 e.